The van der Waals surface area contributed by atoms with Crippen LogP contribution in [-0.4, -0.2) is 13.6 Å². The van der Waals surface area contributed by atoms with Gasteiger partial charge < -0.3 is 22.5 Å². The summed E-state index contributed by atoms with van der Waals surface area (Å²) in [6.07, 6.45) is 6.89. The molecule has 0 atom stereocenters. The molecule has 0 unspecified atom stereocenters. The SMILES string of the molecule is C#Cc1ccccc1CN.CCCNc1ccc(F)cc1Cc1ccccc1N.CN. The van der Waals surface area contributed by atoms with Crippen molar-refractivity contribution in [3.63, 3.8) is 0 Å². The first-order valence-electron chi connectivity index (χ1n) is 10.3. The van der Waals surface area contributed by atoms with Gasteiger partial charge in [0.25, 0.3) is 0 Å². The molecule has 0 aromatic heterocycles. The maximum absolute atomic E-state index is 13.4. The Morgan fingerprint density at radius 3 is 2.16 bits per heavy atom. The molecule has 3 aromatic carbocycles. The van der Waals surface area contributed by atoms with Gasteiger partial charge in [0.2, 0.25) is 0 Å². The molecule has 0 radical (unpaired) electrons. The van der Waals surface area contributed by atoms with Crippen molar-refractivity contribution in [1.82, 2.24) is 0 Å². The van der Waals surface area contributed by atoms with E-state index in [1.54, 1.807) is 12.1 Å². The largest absolute Gasteiger partial charge is 0.398 e. The molecular weight excluding hydrogens is 387 g/mol. The second-order valence-electron chi connectivity index (χ2n) is 6.61. The summed E-state index contributed by atoms with van der Waals surface area (Å²) in [5.41, 5.74) is 21.5. The smallest absolute Gasteiger partial charge is 0.123 e. The van der Waals surface area contributed by atoms with E-state index in [2.05, 4.69) is 23.9 Å². The Morgan fingerprint density at radius 1 is 0.935 bits per heavy atom. The van der Waals surface area contributed by atoms with Gasteiger partial charge in [0.1, 0.15) is 5.82 Å². The predicted molar refractivity (Wildman–Crippen MR) is 131 cm³/mol. The molecule has 0 aliphatic rings. The van der Waals surface area contributed by atoms with Gasteiger partial charge in [-0.3, -0.25) is 0 Å². The molecule has 164 valence electrons. The Kier molecular flexibility index (Phi) is 12.1. The van der Waals surface area contributed by atoms with Crippen LogP contribution in [0.25, 0.3) is 0 Å². The lowest BCUT2D eigenvalue weighted by Gasteiger charge is -2.13. The molecule has 0 saturated heterocycles. The van der Waals surface area contributed by atoms with E-state index in [0.717, 1.165) is 46.6 Å². The molecule has 3 rings (SSSR count). The topological polar surface area (TPSA) is 90.1 Å². The first-order chi connectivity index (χ1) is 15.1. The monoisotopic (exact) mass is 420 g/mol. The van der Waals surface area contributed by atoms with Crippen LogP contribution in [0.1, 0.15) is 35.6 Å². The molecule has 4 nitrogen and oxygen atoms in total. The normalized spacial score (nSPS) is 9.42. The van der Waals surface area contributed by atoms with E-state index in [-0.39, 0.29) is 5.82 Å². The highest BCUT2D eigenvalue weighted by molar-refractivity contribution is 5.56. The summed E-state index contributed by atoms with van der Waals surface area (Å²) in [4.78, 5) is 0. The molecule has 0 bridgehead atoms. The van der Waals surface area contributed by atoms with Crippen LogP contribution in [-0.2, 0) is 13.0 Å². The van der Waals surface area contributed by atoms with Gasteiger partial charge in [-0.05, 0) is 60.5 Å². The number of nitrogens with two attached hydrogens (primary N) is 3. The van der Waals surface area contributed by atoms with Crippen LogP contribution < -0.4 is 22.5 Å². The average Bonchev–Trinajstić information content (AvgIpc) is 2.81. The van der Waals surface area contributed by atoms with Crippen LogP contribution in [0.15, 0.2) is 66.7 Å². The van der Waals surface area contributed by atoms with Crippen molar-refractivity contribution in [3.05, 3.63) is 94.8 Å². The first-order valence-corrected chi connectivity index (χ1v) is 10.3. The van der Waals surface area contributed by atoms with E-state index in [1.807, 2.05) is 48.5 Å². The number of terminal acetylenes is 1. The minimum atomic E-state index is -0.216. The second-order valence-corrected chi connectivity index (χ2v) is 6.61. The minimum absolute atomic E-state index is 0.216. The lowest BCUT2D eigenvalue weighted by atomic mass is 10.0. The van der Waals surface area contributed by atoms with Crippen molar-refractivity contribution < 1.29 is 4.39 Å². The Balaban J connectivity index is 0.000000337. The van der Waals surface area contributed by atoms with Gasteiger partial charge in [0.05, 0.1) is 0 Å². The summed E-state index contributed by atoms with van der Waals surface area (Å²) in [6, 6.07) is 20.2. The number of para-hydroxylation sites is 1. The number of anilines is 2. The molecule has 31 heavy (non-hydrogen) atoms. The van der Waals surface area contributed by atoms with Crippen molar-refractivity contribution in [3.8, 4) is 12.3 Å². The Hall–Kier alpha value is -3.33. The number of hydrogen-bond acceptors (Lipinski definition) is 4. The summed E-state index contributed by atoms with van der Waals surface area (Å²) in [6.45, 7) is 3.49. The molecule has 0 aliphatic carbocycles. The number of rotatable bonds is 6. The van der Waals surface area contributed by atoms with Crippen molar-refractivity contribution in [2.45, 2.75) is 26.3 Å². The predicted octanol–water partition coefficient (Wildman–Crippen LogP) is 4.52. The zero-order chi connectivity index (χ0) is 23.1. The van der Waals surface area contributed by atoms with Crippen LogP contribution in [0.4, 0.5) is 15.8 Å². The van der Waals surface area contributed by atoms with Crippen LogP contribution in [0, 0.1) is 18.2 Å². The van der Waals surface area contributed by atoms with E-state index >= 15 is 0 Å². The first kappa shape index (κ1) is 25.7. The summed E-state index contributed by atoms with van der Waals surface area (Å²) in [5, 5.41) is 3.32. The fraction of sp³-hybridized carbons (Fsp3) is 0.231. The van der Waals surface area contributed by atoms with Gasteiger partial charge in [-0.15, -0.1) is 6.42 Å². The number of benzene rings is 3. The van der Waals surface area contributed by atoms with Crippen LogP contribution >= 0.6 is 0 Å². The second kappa shape index (κ2) is 14.6. The highest BCUT2D eigenvalue weighted by Gasteiger charge is 2.07. The summed E-state index contributed by atoms with van der Waals surface area (Å²) >= 11 is 0. The molecule has 0 heterocycles. The quantitative estimate of drug-likeness (QED) is 0.349. The highest BCUT2D eigenvalue weighted by atomic mass is 19.1. The van der Waals surface area contributed by atoms with E-state index in [9.17, 15) is 4.39 Å². The fourth-order valence-electron chi connectivity index (χ4n) is 2.88. The van der Waals surface area contributed by atoms with E-state index in [0.29, 0.717) is 13.0 Å². The van der Waals surface area contributed by atoms with Gasteiger partial charge in [0, 0.05) is 36.4 Å². The molecule has 0 fully saturated rings. The zero-order valence-electron chi connectivity index (χ0n) is 18.4. The Bertz CT molecular complexity index is 964. The number of halogens is 1. The highest BCUT2D eigenvalue weighted by Crippen LogP contribution is 2.23. The van der Waals surface area contributed by atoms with Crippen molar-refractivity contribution in [1.29, 1.82) is 0 Å². The molecule has 5 heteroatoms. The molecule has 3 aromatic rings. The van der Waals surface area contributed by atoms with E-state index < -0.39 is 0 Å². The van der Waals surface area contributed by atoms with Crippen molar-refractivity contribution in [2.75, 3.05) is 24.6 Å². The van der Waals surface area contributed by atoms with E-state index in [4.69, 9.17) is 17.9 Å². The summed E-state index contributed by atoms with van der Waals surface area (Å²) < 4.78 is 13.4. The van der Waals surface area contributed by atoms with E-state index in [1.165, 1.54) is 13.1 Å². The average molecular weight is 421 g/mol. The molecule has 0 aliphatic heterocycles. The standard InChI is InChI=1S/C16H19FN2.C9H9N.CH5N/c1-2-9-19-16-8-7-14(17)11-13(16)10-12-5-3-4-6-15(12)18;1-2-8-5-3-4-6-9(8)7-10;1-2/h3-8,11,19H,2,9-10,18H2,1H3;1,3-6H,7,10H2;2H2,1H3. The third-order valence-electron chi connectivity index (χ3n) is 4.46. The molecule has 0 saturated carbocycles. The van der Waals surface area contributed by atoms with Gasteiger partial charge >= 0.3 is 0 Å². The lowest BCUT2D eigenvalue weighted by Crippen LogP contribution is -2.05. The minimum Gasteiger partial charge on any atom is -0.398 e. The van der Waals surface area contributed by atoms with Crippen molar-refractivity contribution in [2.24, 2.45) is 11.5 Å². The number of nitrogens with one attached hydrogen (secondary N) is 1. The summed E-state index contributed by atoms with van der Waals surface area (Å²) in [5.74, 6) is 2.35. The van der Waals surface area contributed by atoms with Gasteiger partial charge in [-0.25, -0.2) is 4.39 Å². The zero-order valence-corrected chi connectivity index (χ0v) is 18.4. The number of nitrogen functional groups attached to an aromatic ring is 1. The third-order valence-corrected chi connectivity index (χ3v) is 4.46. The maximum atomic E-state index is 13.4. The maximum Gasteiger partial charge on any atom is 0.123 e. The summed E-state index contributed by atoms with van der Waals surface area (Å²) in [7, 11) is 1.50. The van der Waals surface area contributed by atoms with Gasteiger partial charge in [-0.1, -0.05) is 49.2 Å². The fourth-order valence-corrected chi connectivity index (χ4v) is 2.88. The Labute approximate surface area is 185 Å². The van der Waals surface area contributed by atoms with Crippen LogP contribution in [0.2, 0.25) is 0 Å². The molecular formula is C26H33FN4. The molecule has 0 spiro atoms. The number of hydrogen-bond donors (Lipinski definition) is 4. The molecule has 7 N–H and O–H groups in total. The third kappa shape index (κ3) is 8.51. The Morgan fingerprint density at radius 2 is 1.58 bits per heavy atom. The van der Waals surface area contributed by atoms with Crippen molar-refractivity contribution >= 4 is 11.4 Å². The van der Waals surface area contributed by atoms with Crippen LogP contribution in [0.5, 0.6) is 0 Å². The van der Waals surface area contributed by atoms with Gasteiger partial charge in [-0.2, -0.15) is 0 Å². The molecule has 0 amide bonds. The van der Waals surface area contributed by atoms with Crippen LogP contribution in [0.3, 0.4) is 0 Å². The lowest BCUT2D eigenvalue weighted by molar-refractivity contribution is 0.626. The van der Waals surface area contributed by atoms with Gasteiger partial charge in [0.15, 0.2) is 0 Å².